The zero-order valence-corrected chi connectivity index (χ0v) is 15.9. The van der Waals surface area contributed by atoms with Crippen LogP contribution in [0.25, 0.3) is 11.3 Å². The highest BCUT2D eigenvalue weighted by atomic mass is 19.4. The van der Waals surface area contributed by atoms with Crippen molar-refractivity contribution >= 4 is 5.91 Å². The molecule has 0 radical (unpaired) electrons. The Morgan fingerprint density at radius 1 is 1.23 bits per heavy atom. The second kappa shape index (κ2) is 7.83. The van der Waals surface area contributed by atoms with Crippen molar-refractivity contribution in [1.29, 1.82) is 5.26 Å². The summed E-state index contributed by atoms with van der Waals surface area (Å²) < 4.78 is 54.1. The van der Waals surface area contributed by atoms with E-state index in [0.29, 0.717) is 30.8 Å². The van der Waals surface area contributed by atoms with Crippen LogP contribution in [0.15, 0.2) is 42.6 Å². The lowest BCUT2D eigenvalue weighted by molar-refractivity contribution is -0.141. The number of hydrogen-bond acceptors (Lipinski definition) is 4. The Balaban J connectivity index is 1.60. The highest BCUT2D eigenvalue weighted by molar-refractivity contribution is 5.94. The first-order valence-electron chi connectivity index (χ1n) is 9.38. The van der Waals surface area contributed by atoms with Gasteiger partial charge in [0.15, 0.2) is 0 Å². The van der Waals surface area contributed by atoms with Gasteiger partial charge in [-0.25, -0.2) is 4.39 Å². The third-order valence-electron chi connectivity index (χ3n) is 5.03. The van der Waals surface area contributed by atoms with Crippen LogP contribution >= 0.6 is 0 Å². The molecule has 31 heavy (non-hydrogen) atoms. The Labute approximate surface area is 174 Å². The van der Waals surface area contributed by atoms with E-state index in [1.54, 1.807) is 16.8 Å². The molecule has 1 amide bonds. The Morgan fingerprint density at radius 3 is 2.77 bits per heavy atom. The van der Waals surface area contributed by atoms with Crippen molar-refractivity contribution in [3.05, 3.63) is 70.9 Å². The van der Waals surface area contributed by atoms with Gasteiger partial charge in [0.2, 0.25) is 0 Å². The number of nitrogens with one attached hydrogen (secondary N) is 1. The fourth-order valence-corrected chi connectivity index (χ4v) is 3.51. The fourth-order valence-electron chi connectivity index (χ4n) is 3.51. The van der Waals surface area contributed by atoms with E-state index in [1.807, 2.05) is 0 Å². The summed E-state index contributed by atoms with van der Waals surface area (Å²) in [5, 5.41) is 16.2. The van der Waals surface area contributed by atoms with Crippen LogP contribution in [-0.2, 0) is 12.7 Å². The minimum Gasteiger partial charge on any atom is -0.344 e. The summed E-state index contributed by atoms with van der Waals surface area (Å²) in [7, 11) is 0. The maximum Gasteiger partial charge on any atom is 0.433 e. The molecule has 1 N–H and O–H groups in total. The van der Waals surface area contributed by atoms with E-state index in [1.165, 1.54) is 18.2 Å². The number of carbonyl (C=O) groups excluding carboxylic acids is 1. The van der Waals surface area contributed by atoms with Gasteiger partial charge in [0.25, 0.3) is 5.91 Å². The molecule has 158 valence electrons. The number of pyridine rings is 1. The second-order valence-electron chi connectivity index (χ2n) is 7.08. The van der Waals surface area contributed by atoms with Crippen molar-refractivity contribution in [2.45, 2.75) is 31.6 Å². The van der Waals surface area contributed by atoms with Crippen molar-refractivity contribution in [3.8, 4) is 17.3 Å². The van der Waals surface area contributed by atoms with Gasteiger partial charge >= 0.3 is 6.18 Å². The highest BCUT2D eigenvalue weighted by Gasteiger charge is 2.33. The molecule has 1 aromatic carbocycles. The van der Waals surface area contributed by atoms with Gasteiger partial charge in [-0.05, 0) is 49.2 Å². The van der Waals surface area contributed by atoms with E-state index in [9.17, 15) is 22.4 Å². The summed E-state index contributed by atoms with van der Waals surface area (Å²) >= 11 is 0. The highest BCUT2D eigenvalue weighted by Crippen LogP contribution is 2.32. The molecular formula is C21H15F4N5O. The molecule has 1 unspecified atom stereocenters. The molecule has 0 saturated carbocycles. The molecule has 6 nitrogen and oxygen atoms in total. The van der Waals surface area contributed by atoms with Crippen molar-refractivity contribution in [2.75, 3.05) is 0 Å². The van der Waals surface area contributed by atoms with Gasteiger partial charge in [0.1, 0.15) is 17.6 Å². The molecule has 2 aromatic heterocycles. The van der Waals surface area contributed by atoms with Crippen LogP contribution < -0.4 is 5.32 Å². The number of rotatable bonds is 3. The van der Waals surface area contributed by atoms with Crippen molar-refractivity contribution in [3.63, 3.8) is 0 Å². The van der Waals surface area contributed by atoms with Gasteiger partial charge in [0, 0.05) is 23.9 Å². The molecule has 0 bridgehead atoms. The first-order chi connectivity index (χ1) is 14.8. The first-order valence-corrected chi connectivity index (χ1v) is 9.38. The lowest BCUT2D eigenvalue weighted by atomic mass is 10.0. The number of alkyl halides is 3. The molecule has 0 fully saturated rings. The van der Waals surface area contributed by atoms with Gasteiger partial charge in [-0.2, -0.15) is 23.5 Å². The van der Waals surface area contributed by atoms with Crippen LogP contribution in [-0.4, -0.2) is 20.7 Å². The van der Waals surface area contributed by atoms with E-state index in [-0.39, 0.29) is 16.7 Å². The van der Waals surface area contributed by atoms with E-state index in [0.717, 1.165) is 18.3 Å². The van der Waals surface area contributed by atoms with E-state index in [4.69, 9.17) is 5.26 Å². The molecule has 0 spiro atoms. The number of aromatic nitrogens is 3. The average Bonchev–Trinajstić information content (AvgIpc) is 3.19. The Kier molecular flexibility index (Phi) is 5.19. The summed E-state index contributed by atoms with van der Waals surface area (Å²) in [5.74, 6) is -1.20. The Hall–Kier alpha value is -3.74. The van der Waals surface area contributed by atoms with E-state index >= 15 is 0 Å². The zero-order valence-electron chi connectivity index (χ0n) is 15.9. The fraction of sp³-hybridized carbons (Fsp3) is 0.238. The number of amides is 1. The number of nitrogens with zero attached hydrogens (tertiary/aromatic N) is 4. The maximum atomic E-state index is 13.5. The summed E-state index contributed by atoms with van der Waals surface area (Å²) in [6.07, 6.45) is -2.18. The predicted molar refractivity (Wildman–Crippen MR) is 101 cm³/mol. The Morgan fingerprint density at radius 2 is 2.03 bits per heavy atom. The summed E-state index contributed by atoms with van der Waals surface area (Å²) in [6.45, 7) is 0.564. The predicted octanol–water partition coefficient (Wildman–Crippen LogP) is 4.24. The van der Waals surface area contributed by atoms with E-state index < -0.39 is 29.6 Å². The van der Waals surface area contributed by atoms with Crippen LogP contribution in [0.5, 0.6) is 0 Å². The lowest BCUT2D eigenvalue weighted by Crippen LogP contribution is -2.32. The molecular weight excluding hydrogens is 414 g/mol. The van der Waals surface area contributed by atoms with Gasteiger partial charge in [-0.15, -0.1) is 0 Å². The number of benzene rings is 1. The standard InChI is InChI=1S/C21H15F4N5O/c22-15-4-3-13(8-14(15)11-26)20(31)28-16-2-1-7-30-18(16)10-17(29-30)12-5-6-27-19(9-12)21(23,24)25/h3-6,8-10,16H,1-2,7H2,(H,28,31). The molecule has 3 heterocycles. The van der Waals surface area contributed by atoms with Crippen LogP contribution in [0.3, 0.4) is 0 Å². The largest absolute Gasteiger partial charge is 0.433 e. The number of aryl methyl sites for hydroxylation is 1. The normalized spacial score (nSPS) is 15.8. The molecule has 0 saturated heterocycles. The molecule has 0 aliphatic carbocycles. The van der Waals surface area contributed by atoms with Gasteiger partial charge in [0.05, 0.1) is 23.0 Å². The van der Waals surface area contributed by atoms with Gasteiger partial charge in [-0.3, -0.25) is 14.5 Å². The number of fused-ring (bicyclic) bond motifs is 1. The van der Waals surface area contributed by atoms with Gasteiger partial charge < -0.3 is 5.32 Å². The van der Waals surface area contributed by atoms with Gasteiger partial charge in [-0.1, -0.05) is 0 Å². The van der Waals surface area contributed by atoms with E-state index in [2.05, 4.69) is 15.4 Å². The molecule has 1 aliphatic heterocycles. The second-order valence-corrected chi connectivity index (χ2v) is 7.08. The lowest BCUT2D eigenvalue weighted by Gasteiger charge is -2.24. The van der Waals surface area contributed by atoms with Crippen molar-refractivity contribution < 1.29 is 22.4 Å². The minimum atomic E-state index is -4.57. The van der Waals surface area contributed by atoms with Crippen LogP contribution in [0.1, 0.15) is 46.2 Å². The maximum absolute atomic E-state index is 13.5. The van der Waals surface area contributed by atoms with Crippen LogP contribution in [0.4, 0.5) is 17.6 Å². The molecule has 10 heteroatoms. The van der Waals surface area contributed by atoms with Crippen LogP contribution in [0.2, 0.25) is 0 Å². The molecule has 1 atom stereocenters. The number of hydrogen-bond donors (Lipinski definition) is 1. The summed E-state index contributed by atoms with van der Waals surface area (Å²) in [6, 6.07) is 8.80. The summed E-state index contributed by atoms with van der Waals surface area (Å²) in [4.78, 5) is 16.0. The molecule has 3 aromatic rings. The molecule has 4 rings (SSSR count). The topological polar surface area (TPSA) is 83.6 Å². The average molecular weight is 429 g/mol. The number of carbonyl (C=O) groups is 1. The summed E-state index contributed by atoms with van der Waals surface area (Å²) in [5.41, 5.74) is 0.164. The third kappa shape index (κ3) is 4.12. The Bertz CT molecular complexity index is 1200. The van der Waals surface area contributed by atoms with Crippen molar-refractivity contribution in [2.24, 2.45) is 0 Å². The smallest absolute Gasteiger partial charge is 0.344 e. The number of nitriles is 1. The quantitative estimate of drug-likeness (QED) is 0.632. The third-order valence-corrected chi connectivity index (χ3v) is 5.03. The number of halogens is 4. The van der Waals surface area contributed by atoms with Crippen molar-refractivity contribution in [1.82, 2.24) is 20.1 Å². The SMILES string of the molecule is N#Cc1cc(C(=O)NC2CCCn3nc(-c4ccnc(C(F)(F)F)c4)cc32)ccc1F. The minimum absolute atomic E-state index is 0.138. The van der Waals surface area contributed by atoms with Crippen LogP contribution in [0, 0.1) is 17.1 Å². The molecule has 1 aliphatic rings. The first kappa shape index (κ1) is 20.5. The zero-order chi connectivity index (χ0) is 22.2. The monoisotopic (exact) mass is 429 g/mol.